The molecule has 1 atom stereocenters. The van der Waals surface area contributed by atoms with Gasteiger partial charge in [0.05, 0.1) is 12.6 Å². The molecule has 0 heterocycles. The van der Waals surface area contributed by atoms with Crippen molar-refractivity contribution in [1.29, 1.82) is 0 Å². The number of nitrogens with two attached hydrogens (primary N) is 1. The van der Waals surface area contributed by atoms with E-state index in [0.717, 1.165) is 29.4 Å². The quantitative estimate of drug-likeness (QED) is 0.891. The molecule has 2 nitrogen and oxygen atoms in total. The van der Waals surface area contributed by atoms with Crippen LogP contribution < -0.4 is 10.5 Å². The van der Waals surface area contributed by atoms with Gasteiger partial charge in [0.15, 0.2) is 0 Å². The molecule has 2 aromatic carbocycles. The van der Waals surface area contributed by atoms with Crippen molar-refractivity contribution in [3.8, 4) is 5.75 Å². The largest absolute Gasteiger partial charge is 0.493 e. The van der Waals surface area contributed by atoms with Crippen molar-refractivity contribution in [1.82, 2.24) is 0 Å². The Morgan fingerprint density at radius 2 is 1.75 bits per heavy atom. The first kappa shape index (κ1) is 13.2. The zero-order valence-corrected chi connectivity index (χ0v) is 11.7. The van der Waals surface area contributed by atoms with Crippen LogP contribution in [-0.2, 0) is 0 Å². The fourth-order valence-electron chi connectivity index (χ4n) is 2.52. The van der Waals surface area contributed by atoms with E-state index in [9.17, 15) is 0 Å². The second-order valence-electron chi connectivity index (χ2n) is 5.57. The highest BCUT2D eigenvalue weighted by Crippen LogP contribution is 2.28. The predicted octanol–water partition coefficient (Wildman–Crippen LogP) is 3.91. The molecule has 1 saturated carbocycles. The molecule has 0 aliphatic heterocycles. The molecule has 0 amide bonds. The van der Waals surface area contributed by atoms with E-state index < -0.39 is 0 Å². The zero-order valence-electron chi connectivity index (χ0n) is 11.7. The molecule has 0 aromatic heterocycles. The summed E-state index contributed by atoms with van der Waals surface area (Å²) in [7, 11) is 0. The van der Waals surface area contributed by atoms with E-state index >= 15 is 0 Å². The molecule has 2 aromatic rings. The summed E-state index contributed by atoms with van der Waals surface area (Å²) in [5.74, 6) is 1.68. The van der Waals surface area contributed by atoms with Crippen molar-refractivity contribution in [3.63, 3.8) is 0 Å². The van der Waals surface area contributed by atoms with Gasteiger partial charge in [-0.2, -0.15) is 0 Å². The lowest BCUT2D eigenvalue weighted by atomic mass is 9.86. The molecule has 0 saturated heterocycles. The first-order valence-corrected chi connectivity index (χ1v) is 7.36. The Morgan fingerprint density at radius 3 is 2.45 bits per heavy atom. The highest BCUT2D eigenvalue weighted by Gasteiger charge is 2.18. The topological polar surface area (TPSA) is 35.2 Å². The van der Waals surface area contributed by atoms with Crippen LogP contribution >= 0.6 is 0 Å². The number of rotatable bonds is 5. The summed E-state index contributed by atoms with van der Waals surface area (Å²) >= 11 is 0. The maximum absolute atomic E-state index is 6.32. The van der Waals surface area contributed by atoms with Crippen LogP contribution in [0.25, 0.3) is 0 Å². The van der Waals surface area contributed by atoms with E-state index in [-0.39, 0.29) is 6.04 Å². The van der Waals surface area contributed by atoms with Gasteiger partial charge in [-0.1, -0.05) is 48.9 Å². The number of hydrogen-bond acceptors (Lipinski definition) is 2. The van der Waals surface area contributed by atoms with Crippen LogP contribution in [0.2, 0.25) is 0 Å². The van der Waals surface area contributed by atoms with Crippen LogP contribution in [0.5, 0.6) is 5.75 Å². The summed E-state index contributed by atoms with van der Waals surface area (Å²) < 4.78 is 5.88. The molecule has 1 unspecified atom stereocenters. The number of ether oxygens (including phenoxy) is 1. The Bertz CT molecular complexity index is 548. The summed E-state index contributed by atoms with van der Waals surface area (Å²) in [5.41, 5.74) is 8.55. The van der Waals surface area contributed by atoms with E-state index in [0.29, 0.717) is 0 Å². The minimum atomic E-state index is -0.0940. The first-order valence-electron chi connectivity index (χ1n) is 7.36. The molecule has 104 valence electrons. The third-order valence-corrected chi connectivity index (χ3v) is 4.09. The minimum absolute atomic E-state index is 0.0940. The average Bonchev–Trinajstić information content (AvgIpc) is 2.46. The van der Waals surface area contributed by atoms with Crippen molar-refractivity contribution < 1.29 is 4.74 Å². The molecule has 0 spiro atoms. The molecule has 1 aliphatic carbocycles. The van der Waals surface area contributed by atoms with Gasteiger partial charge in [0.25, 0.3) is 0 Å². The molecule has 0 bridgehead atoms. The maximum Gasteiger partial charge on any atom is 0.119 e. The van der Waals surface area contributed by atoms with E-state index in [1.807, 2.05) is 30.3 Å². The van der Waals surface area contributed by atoms with Crippen molar-refractivity contribution in [3.05, 3.63) is 65.7 Å². The van der Waals surface area contributed by atoms with E-state index in [1.165, 1.54) is 19.3 Å². The zero-order chi connectivity index (χ0) is 13.8. The van der Waals surface area contributed by atoms with Crippen LogP contribution in [0.4, 0.5) is 0 Å². The van der Waals surface area contributed by atoms with Gasteiger partial charge in [0.2, 0.25) is 0 Å². The molecule has 20 heavy (non-hydrogen) atoms. The van der Waals surface area contributed by atoms with Gasteiger partial charge >= 0.3 is 0 Å². The van der Waals surface area contributed by atoms with E-state index in [1.54, 1.807) is 0 Å². The fourth-order valence-corrected chi connectivity index (χ4v) is 2.52. The Hall–Kier alpha value is -1.80. The SMILES string of the molecule is NC(c1ccccc1)c1cccc(OCC2CCC2)c1. The minimum Gasteiger partial charge on any atom is -0.493 e. The van der Waals surface area contributed by atoms with Gasteiger partial charge in [-0.15, -0.1) is 0 Å². The summed E-state index contributed by atoms with van der Waals surface area (Å²) in [4.78, 5) is 0. The molecular weight excluding hydrogens is 246 g/mol. The fraction of sp³-hybridized carbons (Fsp3) is 0.333. The first-order chi connectivity index (χ1) is 9.83. The Labute approximate surface area is 120 Å². The Morgan fingerprint density at radius 1 is 1.00 bits per heavy atom. The highest BCUT2D eigenvalue weighted by molar-refractivity contribution is 5.36. The van der Waals surface area contributed by atoms with Gasteiger partial charge in [0.1, 0.15) is 5.75 Å². The maximum atomic E-state index is 6.32. The molecule has 1 fully saturated rings. The molecule has 2 heteroatoms. The molecule has 1 aliphatic rings. The third kappa shape index (κ3) is 3.02. The Balaban J connectivity index is 1.69. The standard InChI is InChI=1S/C18H21NO/c19-18(15-8-2-1-3-9-15)16-10-5-11-17(12-16)20-13-14-6-4-7-14/h1-3,5,8-12,14,18H,4,6-7,13,19H2. The second-order valence-corrected chi connectivity index (χ2v) is 5.57. The van der Waals surface area contributed by atoms with Gasteiger partial charge in [-0.3, -0.25) is 0 Å². The van der Waals surface area contributed by atoms with Crippen LogP contribution in [0.15, 0.2) is 54.6 Å². The van der Waals surface area contributed by atoms with Crippen molar-refractivity contribution in [2.24, 2.45) is 11.7 Å². The van der Waals surface area contributed by atoms with Crippen molar-refractivity contribution >= 4 is 0 Å². The lowest BCUT2D eigenvalue weighted by Crippen LogP contribution is -2.19. The lowest BCUT2D eigenvalue weighted by molar-refractivity contribution is 0.180. The molecule has 2 N–H and O–H groups in total. The van der Waals surface area contributed by atoms with Gasteiger partial charge in [-0.05, 0) is 42.0 Å². The Kier molecular flexibility index (Phi) is 4.03. The second kappa shape index (κ2) is 6.10. The molecule has 3 rings (SSSR count). The van der Waals surface area contributed by atoms with Crippen molar-refractivity contribution in [2.45, 2.75) is 25.3 Å². The average molecular weight is 267 g/mol. The van der Waals surface area contributed by atoms with Crippen LogP contribution in [-0.4, -0.2) is 6.61 Å². The summed E-state index contributed by atoms with van der Waals surface area (Å²) in [5, 5.41) is 0. The lowest BCUT2D eigenvalue weighted by Gasteiger charge is -2.25. The van der Waals surface area contributed by atoms with Crippen LogP contribution in [0, 0.1) is 5.92 Å². The van der Waals surface area contributed by atoms with E-state index in [2.05, 4.69) is 24.3 Å². The van der Waals surface area contributed by atoms with Crippen molar-refractivity contribution in [2.75, 3.05) is 6.61 Å². The van der Waals surface area contributed by atoms with Gasteiger partial charge < -0.3 is 10.5 Å². The predicted molar refractivity (Wildman–Crippen MR) is 81.8 cm³/mol. The monoisotopic (exact) mass is 267 g/mol. The summed E-state index contributed by atoms with van der Waals surface area (Å²) in [6.07, 6.45) is 3.97. The summed E-state index contributed by atoms with van der Waals surface area (Å²) in [6.45, 7) is 0.837. The summed E-state index contributed by atoms with van der Waals surface area (Å²) in [6, 6.07) is 18.2. The van der Waals surface area contributed by atoms with Crippen LogP contribution in [0.1, 0.15) is 36.4 Å². The smallest absolute Gasteiger partial charge is 0.119 e. The normalized spacial score (nSPS) is 16.4. The highest BCUT2D eigenvalue weighted by atomic mass is 16.5. The third-order valence-electron chi connectivity index (χ3n) is 4.09. The molecule has 0 radical (unpaired) electrons. The van der Waals surface area contributed by atoms with Gasteiger partial charge in [0, 0.05) is 0 Å². The van der Waals surface area contributed by atoms with E-state index in [4.69, 9.17) is 10.5 Å². The van der Waals surface area contributed by atoms with Gasteiger partial charge in [-0.25, -0.2) is 0 Å². The number of hydrogen-bond donors (Lipinski definition) is 1. The van der Waals surface area contributed by atoms with Crippen LogP contribution in [0.3, 0.4) is 0 Å². The number of benzene rings is 2. The molecular formula is C18H21NO.